The SMILES string of the molecule is Fc1ccc2ccoc2c1CCN1CCNCC1. The largest absolute Gasteiger partial charge is 0.464 e. The Morgan fingerprint density at radius 3 is 2.89 bits per heavy atom. The normalized spacial score (nSPS) is 17.4. The van der Waals surface area contributed by atoms with Crippen LogP contribution in [-0.2, 0) is 6.42 Å². The summed E-state index contributed by atoms with van der Waals surface area (Å²) >= 11 is 0. The van der Waals surface area contributed by atoms with E-state index in [4.69, 9.17) is 4.42 Å². The first-order valence-electron chi connectivity index (χ1n) is 6.42. The molecule has 3 nitrogen and oxygen atoms in total. The second-order valence-corrected chi connectivity index (χ2v) is 4.71. The van der Waals surface area contributed by atoms with E-state index in [9.17, 15) is 4.39 Å². The average Bonchev–Trinajstić information content (AvgIpc) is 2.87. The van der Waals surface area contributed by atoms with E-state index in [0.717, 1.165) is 38.1 Å². The van der Waals surface area contributed by atoms with Crippen LogP contribution < -0.4 is 5.32 Å². The number of fused-ring (bicyclic) bond motifs is 1. The topological polar surface area (TPSA) is 28.4 Å². The summed E-state index contributed by atoms with van der Waals surface area (Å²) in [7, 11) is 0. The van der Waals surface area contributed by atoms with E-state index in [0.29, 0.717) is 17.6 Å². The fourth-order valence-corrected chi connectivity index (χ4v) is 2.51. The number of furan rings is 1. The molecule has 0 spiro atoms. The van der Waals surface area contributed by atoms with Crippen LogP contribution >= 0.6 is 0 Å². The highest BCUT2D eigenvalue weighted by molar-refractivity contribution is 5.80. The third-order valence-electron chi connectivity index (χ3n) is 3.55. The van der Waals surface area contributed by atoms with Crippen LogP contribution in [0.1, 0.15) is 5.56 Å². The van der Waals surface area contributed by atoms with Crippen LogP contribution in [0.5, 0.6) is 0 Å². The Labute approximate surface area is 106 Å². The predicted molar refractivity (Wildman–Crippen MR) is 69.2 cm³/mol. The Morgan fingerprint density at radius 1 is 1.22 bits per heavy atom. The van der Waals surface area contributed by atoms with Gasteiger partial charge in [-0.25, -0.2) is 4.39 Å². The molecule has 0 aliphatic carbocycles. The minimum atomic E-state index is -0.160. The maximum Gasteiger partial charge on any atom is 0.140 e. The van der Waals surface area contributed by atoms with Gasteiger partial charge in [0, 0.05) is 43.7 Å². The molecule has 0 saturated carbocycles. The maximum atomic E-state index is 13.9. The van der Waals surface area contributed by atoms with Crippen LogP contribution in [0.3, 0.4) is 0 Å². The molecule has 0 atom stereocenters. The first kappa shape index (κ1) is 11.7. The molecule has 0 radical (unpaired) electrons. The van der Waals surface area contributed by atoms with E-state index in [2.05, 4.69) is 10.2 Å². The van der Waals surface area contributed by atoms with Crippen molar-refractivity contribution in [1.82, 2.24) is 10.2 Å². The van der Waals surface area contributed by atoms with Crippen LogP contribution in [-0.4, -0.2) is 37.6 Å². The van der Waals surface area contributed by atoms with Crippen molar-refractivity contribution in [1.29, 1.82) is 0 Å². The third-order valence-corrected chi connectivity index (χ3v) is 3.55. The van der Waals surface area contributed by atoms with E-state index in [1.54, 1.807) is 12.3 Å². The van der Waals surface area contributed by atoms with Crippen molar-refractivity contribution in [2.24, 2.45) is 0 Å². The molecule has 0 unspecified atom stereocenters. The number of hydrogen-bond donors (Lipinski definition) is 1. The Hall–Kier alpha value is -1.39. The molecule has 18 heavy (non-hydrogen) atoms. The predicted octanol–water partition coefficient (Wildman–Crippen LogP) is 2.02. The van der Waals surface area contributed by atoms with Gasteiger partial charge >= 0.3 is 0 Å². The van der Waals surface area contributed by atoms with Gasteiger partial charge < -0.3 is 14.6 Å². The van der Waals surface area contributed by atoms with Gasteiger partial charge in [-0.15, -0.1) is 0 Å². The highest BCUT2D eigenvalue weighted by Crippen LogP contribution is 2.23. The van der Waals surface area contributed by atoms with E-state index in [1.165, 1.54) is 6.07 Å². The molecule has 3 rings (SSSR count). The summed E-state index contributed by atoms with van der Waals surface area (Å²) < 4.78 is 19.3. The summed E-state index contributed by atoms with van der Waals surface area (Å²) in [5, 5.41) is 4.29. The maximum absolute atomic E-state index is 13.9. The van der Waals surface area contributed by atoms with Crippen LogP contribution in [0.2, 0.25) is 0 Å². The average molecular weight is 248 g/mol. The molecule has 2 heterocycles. The number of piperazine rings is 1. The van der Waals surface area contributed by atoms with Gasteiger partial charge in [-0.05, 0) is 24.6 Å². The minimum absolute atomic E-state index is 0.160. The smallest absolute Gasteiger partial charge is 0.140 e. The molecule has 1 aliphatic heterocycles. The quantitative estimate of drug-likeness (QED) is 0.900. The molecule has 2 aromatic rings. The van der Waals surface area contributed by atoms with E-state index in [1.807, 2.05) is 6.07 Å². The molecular weight excluding hydrogens is 231 g/mol. The van der Waals surface area contributed by atoms with Crippen molar-refractivity contribution >= 4 is 11.0 Å². The highest BCUT2D eigenvalue weighted by Gasteiger charge is 2.14. The lowest BCUT2D eigenvalue weighted by Gasteiger charge is -2.27. The van der Waals surface area contributed by atoms with Gasteiger partial charge in [0.1, 0.15) is 11.4 Å². The third kappa shape index (κ3) is 2.26. The molecule has 1 aromatic carbocycles. The standard InChI is InChI=1S/C14H17FN2O/c15-13-2-1-11-4-10-18-14(11)12(13)3-7-17-8-5-16-6-9-17/h1-2,4,10,16H,3,5-9H2. The van der Waals surface area contributed by atoms with Crippen molar-refractivity contribution in [3.8, 4) is 0 Å². The molecule has 1 fully saturated rings. The van der Waals surface area contributed by atoms with Crippen LogP contribution in [0.25, 0.3) is 11.0 Å². The van der Waals surface area contributed by atoms with Gasteiger partial charge in [0.15, 0.2) is 0 Å². The Balaban J connectivity index is 1.76. The number of hydrogen-bond acceptors (Lipinski definition) is 3. The monoisotopic (exact) mass is 248 g/mol. The van der Waals surface area contributed by atoms with Gasteiger partial charge in [0.05, 0.1) is 6.26 Å². The summed E-state index contributed by atoms with van der Waals surface area (Å²) in [4.78, 5) is 2.36. The van der Waals surface area contributed by atoms with Gasteiger partial charge in [0.2, 0.25) is 0 Å². The molecular formula is C14H17FN2O. The van der Waals surface area contributed by atoms with Crippen molar-refractivity contribution in [3.05, 3.63) is 35.8 Å². The molecule has 1 aliphatic rings. The van der Waals surface area contributed by atoms with Crippen LogP contribution in [0.4, 0.5) is 4.39 Å². The first-order chi connectivity index (χ1) is 8.84. The summed E-state index contributed by atoms with van der Waals surface area (Å²) in [5.74, 6) is -0.160. The molecule has 4 heteroatoms. The summed E-state index contributed by atoms with van der Waals surface area (Å²) in [6.07, 6.45) is 2.33. The molecule has 1 saturated heterocycles. The van der Waals surface area contributed by atoms with Crippen molar-refractivity contribution in [2.45, 2.75) is 6.42 Å². The van der Waals surface area contributed by atoms with E-state index >= 15 is 0 Å². The van der Waals surface area contributed by atoms with Crippen molar-refractivity contribution < 1.29 is 8.81 Å². The van der Waals surface area contributed by atoms with Crippen molar-refractivity contribution in [3.63, 3.8) is 0 Å². The van der Waals surface area contributed by atoms with Gasteiger partial charge in [-0.1, -0.05) is 0 Å². The second-order valence-electron chi connectivity index (χ2n) is 4.71. The number of nitrogens with zero attached hydrogens (tertiary/aromatic N) is 1. The zero-order chi connectivity index (χ0) is 12.4. The first-order valence-corrected chi connectivity index (χ1v) is 6.42. The number of rotatable bonds is 3. The fourth-order valence-electron chi connectivity index (χ4n) is 2.51. The molecule has 1 aromatic heterocycles. The fraction of sp³-hybridized carbons (Fsp3) is 0.429. The molecule has 0 bridgehead atoms. The lowest BCUT2D eigenvalue weighted by Crippen LogP contribution is -2.44. The van der Waals surface area contributed by atoms with Crippen molar-refractivity contribution in [2.75, 3.05) is 32.7 Å². The Bertz CT molecular complexity index is 532. The van der Waals surface area contributed by atoms with Crippen LogP contribution in [0, 0.1) is 5.82 Å². The zero-order valence-corrected chi connectivity index (χ0v) is 10.3. The van der Waals surface area contributed by atoms with E-state index < -0.39 is 0 Å². The Kier molecular flexibility index (Phi) is 3.30. The van der Waals surface area contributed by atoms with E-state index in [-0.39, 0.29) is 5.82 Å². The summed E-state index contributed by atoms with van der Waals surface area (Å²) in [6.45, 7) is 5.00. The van der Waals surface area contributed by atoms with Gasteiger partial charge in [-0.3, -0.25) is 0 Å². The number of benzene rings is 1. The summed E-state index contributed by atoms with van der Waals surface area (Å²) in [6, 6.07) is 5.18. The second kappa shape index (κ2) is 5.08. The van der Waals surface area contributed by atoms with Gasteiger partial charge in [0.25, 0.3) is 0 Å². The minimum Gasteiger partial charge on any atom is -0.464 e. The molecule has 96 valence electrons. The zero-order valence-electron chi connectivity index (χ0n) is 10.3. The number of nitrogens with one attached hydrogen (secondary N) is 1. The molecule has 0 amide bonds. The Morgan fingerprint density at radius 2 is 2.06 bits per heavy atom. The van der Waals surface area contributed by atoms with Gasteiger partial charge in [-0.2, -0.15) is 0 Å². The lowest BCUT2D eigenvalue weighted by atomic mass is 10.1. The van der Waals surface area contributed by atoms with Crippen LogP contribution in [0.15, 0.2) is 28.9 Å². The number of halogens is 1. The molecule has 1 N–H and O–H groups in total. The lowest BCUT2D eigenvalue weighted by molar-refractivity contribution is 0.243. The highest BCUT2D eigenvalue weighted by atomic mass is 19.1. The summed E-state index contributed by atoms with van der Waals surface area (Å²) in [5.41, 5.74) is 1.40.